The van der Waals surface area contributed by atoms with Crippen LogP contribution < -0.4 is 10.2 Å². The van der Waals surface area contributed by atoms with Crippen molar-refractivity contribution in [3.05, 3.63) is 30.1 Å². The molecule has 0 aliphatic heterocycles. The highest BCUT2D eigenvalue weighted by atomic mass is 32.1. The van der Waals surface area contributed by atoms with Crippen LogP contribution in [0.25, 0.3) is 0 Å². The Morgan fingerprint density at radius 1 is 1.38 bits per heavy atom. The molecule has 2 aromatic heterocycles. The fourth-order valence-corrected chi connectivity index (χ4v) is 3.16. The highest BCUT2D eigenvalue weighted by Crippen LogP contribution is 2.39. The minimum Gasteiger partial charge on any atom is -0.393 e. The molecule has 2 aromatic rings. The summed E-state index contributed by atoms with van der Waals surface area (Å²) in [7, 11) is 3.84. The van der Waals surface area contributed by atoms with E-state index in [1.54, 1.807) is 6.20 Å². The molecule has 6 nitrogen and oxygen atoms in total. The van der Waals surface area contributed by atoms with Gasteiger partial charge < -0.3 is 15.3 Å². The lowest BCUT2D eigenvalue weighted by atomic mass is 9.76. The molecule has 1 aliphatic carbocycles. The van der Waals surface area contributed by atoms with E-state index in [0.717, 1.165) is 23.7 Å². The highest BCUT2D eigenvalue weighted by Gasteiger charge is 2.36. The molecule has 0 spiro atoms. The Hall–Kier alpha value is -1.73. The summed E-state index contributed by atoms with van der Waals surface area (Å²) in [5.41, 5.74) is 0.982. The SMILES string of the molecule is CN(C)c1nsc(N[C@@H](c2ccccn2)C2CC(O)C2)n1. The van der Waals surface area contributed by atoms with Crippen molar-refractivity contribution in [3.63, 3.8) is 0 Å². The molecule has 112 valence electrons. The third kappa shape index (κ3) is 3.14. The van der Waals surface area contributed by atoms with E-state index in [1.165, 1.54) is 11.5 Å². The molecule has 0 bridgehead atoms. The van der Waals surface area contributed by atoms with Gasteiger partial charge in [-0.25, -0.2) is 0 Å². The van der Waals surface area contributed by atoms with E-state index in [4.69, 9.17) is 0 Å². The molecule has 0 aromatic carbocycles. The van der Waals surface area contributed by atoms with Crippen LogP contribution in [0.15, 0.2) is 24.4 Å². The van der Waals surface area contributed by atoms with Crippen LogP contribution in [0.3, 0.4) is 0 Å². The second-order valence-electron chi connectivity index (χ2n) is 5.56. The van der Waals surface area contributed by atoms with Gasteiger partial charge in [-0.15, -0.1) is 0 Å². The zero-order valence-corrected chi connectivity index (χ0v) is 12.9. The van der Waals surface area contributed by atoms with E-state index in [9.17, 15) is 5.11 Å². The van der Waals surface area contributed by atoms with E-state index < -0.39 is 0 Å². The smallest absolute Gasteiger partial charge is 0.238 e. The van der Waals surface area contributed by atoms with Crippen molar-refractivity contribution < 1.29 is 5.11 Å². The van der Waals surface area contributed by atoms with Crippen LogP contribution in [0.1, 0.15) is 24.6 Å². The predicted octanol–water partition coefficient (Wildman–Crippen LogP) is 1.92. The Morgan fingerprint density at radius 2 is 2.19 bits per heavy atom. The van der Waals surface area contributed by atoms with Crippen molar-refractivity contribution in [2.75, 3.05) is 24.3 Å². The summed E-state index contributed by atoms with van der Waals surface area (Å²) in [6.45, 7) is 0. The first-order valence-corrected chi connectivity index (χ1v) is 7.77. The van der Waals surface area contributed by atoms with E-state index in [1.807, 2.05) is 37.2 Å². The van der Waals surface area contributed by atoms with Crippen molar-refractivity contribution in [3.8, 4) is 0 Å². The number of aromatic nitrogens is 3. The van der Waals surface area contributed by atoms with Gasteiger partial charge in [0.05, 0.1) is 17.8 Å². The number of hydrogen-bond acceptors (Lipinski definition) is 7. The van der Waals surface area contributed by atoms with Crippen LogP contribution in [0, 0.1) is 5.92 Å². The van der Waals surface area contributed by atoms with Gasteiger partial charge in [0.25, 0.3) is 0 Å². The number of aliphatic hydroxyl groups excluding tert-OH is 1. The van der Waals surface area contributed by atoms with Gasteiger partial charge in [-0.05, 0) is 30.9 Å². The molecule has 1 aliphatic rings. The van der Waals surface area contributed by atoms with Gasteiger partial charge in [-0.2, -0.15) is 9.36 Å². The number of nitrogens with one attached hydrogen (secondary N) is 1. The van der Waals surface area contributed by atoms with Crippen LogP contribution in [0.2, 0.25) is 0 Å². The number of anilines is 2. The van der Waals surface area contributed by atoms with E-state index >= 15 is 0 Å². The number of rotatable bonds is 5. The Morgan fingerprint density at radius 3 is 2.76 bits per heavy atom. The number of aliphatic hydroxyl groups is 1. The Bertz CT molecular complexity index is 582. The lowest BCUT2D eigenvalue weighted by Gasteiger charge is -2.37. The highest BCUT2D eigenvalue weighted by molar-refractivity contribution is 7.09. The average Bonchev–Trinajstić information content (AvgIpc) is 2.91. The van der Waals surface area contributed by atoms with Crippen molar-refractivity contribution >= 4 is 22.6 Å². The standard InChI is InChI=1S/C14H19N5OS/c1-19(2)13-17-14(21-18-13)16-12(9-7-10(20)8-9)11-5-3-4-6-15-11/h3-6,9-10,12,20H,7-8H2,1-2H3,(H,16,17,18)/t9?,10?,12-/m1/s1. The predicted molar refractivity (Wildman–Crippen MR) is 83.6 cm³/mol. The molecule has 0 radical (unpaired) electrons. The molecule has 3 rings (SSSR count). The summed E-state index contributed by atoms with van der Waals surface area (Å²) in [5.74, 6) is 1.08. The number of nitrogens with zero attached hydrogens (tertiary/aromatic N) is 4. The van der Waals surface area contributed by atoms with Gasteiger partial charge in [0.1, 0.15) is 0 Å². The normalized spacial score (nSPS) is 22.4. The van der Waals surface area contributed by atoms with Crippen LogP contribution in [0.5, 0.6) is 0 Å². The Kier molecular flexibility index (Phi) is 4.03. The third-order valence-electron chi connectivity index (χ3n) is 3.72. The van der Waals surface area contributed by atoms with E-state index in [-0.39, 0.29) is 12.1 Å². The van der Waals surface area contributed by atoms with Crippen molar-refractivity contribution in [1.29, 1.82) is 0 Å². The fourth-order valence-electron chi connectivity index (χ4n) is 2.48. The Balaban J connectivity index is 1.78. The maximum atomic E-state index is 9.58. The summed E-state index contributed by atoms with van der Waals surface area (Å²) in [6, 6.07) is 5.97. The molecule has 0 saturated heterocycles. The molecule has 0 amide bonds. The van der Waals surface area contributed by atoms with E-state index in [2.05, 4.69) is 19.7 Å². The maximum absolute atomic E-state index is 9.58. The van der Waals surface area contributed by atoms with Gasteiger partial charge >= 0.3 is 0 Å². The van der Waals surface area contributed by atoms with Gasteiger partial charge in [-0.1, -0.05) is 6.07 Å². The molecular formula is C14H19N5OS. The Labute approximate surface area is 128 Å². The van der Waals surface area contributed by atoms with Crippen LogP contribution in [-0.2, 0) is 0 Å². The molecule has 2 heterocycles. The van der Waals surface area contributed by atoms with Crippen molar-refractivity contribution in [2.24, 2.45) is 5.92 Å². The molecule has 2 N–H and O–H groups in total. The van der Waals surface area contributed by atoms with Crippen molar-refractivity contribution in [2.45, 2.75) is 25.0 Å². The molecule has 1 fully saturated rings. The van der Waals surface area contributed by atoms with Gasteiger partial charge in [0.2, 0.25) is 11.1 Å². The van der Waals surface area contributed by atoms with Gasteiger partial charge in [0.15, 0.2) is 0 Å². The monoisotopic (exact) mass is 305 g/mol. The molecule has 7 heteroatoms. The molecule has 1 atom stereocenters. The lowest BCUT2D eigenvalue weighted by molar-refractivity contribution is 0.0334. The molecule has 21 heavy (non-hydrogen) atoms. The van der Waals surface area contributed by atoms with Gasteiger partial charge in [0, 0.05) is 31.8 Å². The summed E-state index contributed by atoms with van der Waals surface area (Å²) in [4.78, 5) is 10.8. The molecule has 1 saturated carbocycles. The zero-order valence-electron chi connectivity index (χ0n) is 12.1. The third-order valence-corrected chi connectivity index (χ3v) is 4.36. The zero-order chi connectivity index (χ0) is 14.8. The minimum absolute atomic E-state index is 0.0672. The van der Waals surface area contributed by atoms with Crippen LogP contribution in [-0.4, -0.2) is 39.6 Å². The average molecular weight is 305 g/mol. The second-order valence-corrected chi connectivity index (χ2v) is 6.31. The van der Waals surface area contributed by atoms with E-state index in [0.29, 0.717) is 11.9 Å². The summed E-state index contributed by atoms with van der Waals surface area (Å²) in [5, 5.41) is 13.8. The quantitative estimate of drug-likeness (QED) is 0.879. The van der Waals surface area contributed by atoms with Gasteiger partial charge in [-0.3, -0.25) is 4.98 Å². The number of hydrogen-bond donors (Lipinski definition) is 2. The topological polar surface area (TPSA) is 74.2 Å². The molecule has 0 unspecified atom stereocenters. The first-order chi connectivity index (χ1) is 10.1. The second kappa shape index (κ2) is 5.95. The fraction of sp³-hybridized carbons (Fsp3) is 0.500. The first-order valence-electron chi connectivity index (χ1n) is 7.00. The summed E-state index contributed by atoms with van der Waals surface area (Å²) < 4.78 is 4.30. The van der Waals surface area contributed by atoms with Crippen molar-refractivity contribution in [1.82, 2.24) is 14.3 Å². The summed E-state index contributed by atoms with van der Waals surface area (Å²) >= 11 is 1.35. The summed E-state index contributed by atoms with van der Waals surface area (Å²) in [6.07, 6.45) is 3.21. The first kappa shape index (κ1) is 14.2. The number of pyridine rings is 1. The largest absolute Gasteiger partial charge is 0.393 e. The lowest BCUT2D eigenvalue weighted by Crippen LogP contribution is -2.36. The van der Waals surface area contributed by atoms with Crippen LogP contribution >= 0.6 is 11.5 Å². The maximum Gasteiger partial charge on any atom is 0.238 e. The minimum atomic E-state index is -0.185. The molecular weight excluding hydrogens is 286 g/mol. The van der Waals surface area contributed by atoms with Crippen LogP contribution in [0.4, 0.5) is 11.1 Å².